The Hall–Kier alpha value is -0.890. The molecule has 14 heavy (non-hydrogen) atoms. The Balaban J connectivity index is 0.000000791. The smallest absolute Gasteiger partial charge is 0.0529 e. The molecule has 1 rings (SSSR count). The van der Waals surface area contributed by atoms with E-state index in [1.165, 1.54) is 10.6 Å². The first-order chi connectivity index (χ1) is 6.74. The maximum absolute atomic E-state index is 3.92. The third-order valence-electron chi connectivity index (χ3n) is 1.60. The molecule has 0 unspecified atom stereocenters. The molecule has 1 aliphatic rings. The highest BCUT2D eigenvalue weighted by molar-refractivity contribution is 8.05. The van der Waals surface area contributed by atoms with Crippen LogP contribution < -0.4 is 0 Å². The van der Waals surface area contributed by atoms with Gasteiger partial charge in [0.05, 0.1) is 6.54 Å². The Kier molecular flexibility index (Phi) is 7.03. The van der Waals surface area contributed by atoms with Gasteiger partial charge in [0.25, 0.3) is 0 Å². The molecule has 2 heteroatoms. The fraction of sp³-hybridized carbons (Fsp3) is 0.333. The Bertz CT molecular complexity index is 251. The summed E-state index contributed by atoms with van der Waals surface area (Å²) in [7, 11) is 0. The molecule has 0 atom stereocenters. The van der Waals surface area contributed by atoms with E-state index in [9.17, 15) is 0 Å². The summed E-state index contributed by atoms with van der Waals surface area (Å²) in [5, 5.41) is 2.11. The minimum absolute atomic E-state index is 0.900. The molecule has 0 aromatic rings. The van der Waals surface area contributed by atoms with Crippen molar-refractivity contribution in [3.05, 3.63) is 47.5 Å². The van der Waals surface area contributed by atoms with E-state index in [1.807, 2.05) is 26.1 Å². The fourth-order valence-electron chi connectivity index (χ4n) is 0.923. The van der Waals surface area contributed by atoms with E-state index in [4.69, 9.17) is 0 Å². The highest BCUT2D eigenvalue weighted by Gasteiger charge is 2.08. The zero-order valence-electron chi connectivity index (χ0n) is 9.29. The number of thioether (sulfide) groups is 1. The Morgan fingerprint density at radius 2 is 2.14 bits per heavy atom. The molecule has 78 valence electrons. The predicted octanol–water partition coefficient (Wildman–Crippen LogP) is 4.14. The van der Waals surface area contributed by atoms with Crippen LogP contribution in [0.5, 0.6) is 0 Å². The SMILES string of the molecule is C=C/C=C\N1CC(=C)SC=C1C.CC. The van der Waals surface area contributed by atoms with Crippen LogP contribution >= 0.6 is 11.8 Å². The summed E-state index contributed by atoms with van der Waals surface area (Å²) in [5.41, 5.74) is 1.26. The average molecular weight is 209 g/mol. The van der Waals surface area contributed by atoms with Crippen LogP contribution in [0.2, 0.25) is 0 Å². The lowest BCUT2D eigenvalue weighted by molar-refractivity contribution is 0.513. The maximum atomic E-state index is 3.92. The van der Waals surface area contributed by atoms with Crippen LogP contribution in [0.25, 0.3) is 0 Å². The van der Waals surface area contributed by atoms with Gasteiger partial charge in [-0.1, -0.05) is 44.8 Å². The third-order valence-corrected chi connectivity index (χ3v) is 2.52. The topological polar surface area (TPSA) is 3.24 Å². The minimum Gasteiger partial charge on any atom is -0.346 e. The van der Waals surface area contributed by atoms with Gasteiger partial charge in [-0.25, -0.2) is 0 Å². The van der Waals surface area contributed by atoms with Gasteiger partial charge in [-0.2, -0.15) is 0 Å². The largest absolute Gasteiger partial charge is 0.346 e. The fourth-order valence-corrected chi connectivity index (χ4v) is 1.61. The van der Waals surface area contributed by atoms with Crippen molar-refractivity contribution in [1.82, 2.24) is 4.90 Å². The molecule has 0 N–H and O–H groups in total. The lowest BCUT2D eigenvalue weighted by Crippen LogP contribution is -2.19. The van der Waals surface area contributed by atoms with Crippen LogP contribution in [0.3, 0.4) is 0 Å². The number of hydrogen-bond donors (Lipinski definition) is 0. The van der Waals surface area contributed by atoms with E-state index in [2.05, 4.69) is 30.4 Å². The lowest BCUT2D eigenvalue weighted by Gasteiger charge is -2.25. The molecule has 0 fully saturated rings. The summed E-state index contributed by atoms with van der Waals surface area (Å²) in [6.07, 6.45) is 5.72. The first-order valence-electron chi connectivity index (χ1n) is 4.81. The molecular formula is C12H19NS. The van der Waals surface area contributed by atoms with E-state index in [0.29, 0.717) is 0 Å². The quantitative estimate of drug-likeness (QED) is 0.629. The molecule has 0 amide bonds. The van der Waals surface area contributed by atoms with Gasteiger partial charge in [0.2, 0.25) is 0 Å². The molecule has 0 radical (unpaired) electrons. The highest BCUT2D eigenvalue weighted by Crippen LogP contribution is 2.26. The second kappa shape index (κ2) is 7.51. The molecule has 1 aliphatic heterocycles. The van der Waals surface area contributed by atoms with Gasteiger partial charge in [0.15, 0.2) is 0 Å². The minimum atomic E-state index is 0.900. The summed E-state index contributed by atoms with van der Waals surface area (Å²) in [5.74, 6) is 0. The van der Waals surface area contributed by atoms with E-state index >= 15 is 0 Å². The Labute approximate surface area is 91.9 Å². The van der Waals surface area contributed by atoms with Crippen LogP contribution in [0.1, 0.15) is 20.8 Å². The molecule has 0 aliphatic carbocycles. The zero-order chi connectivity index (χ0) is 11.0. The van der Waals surface area contributed by atoms with E-state index in [-0.39, 0.29) is 0 Å². The van der Waals surface area contributed by atoms with Gasteiger partial charge in [-0.05, 0) is 18.4 Å². The molecule has 0 aromatic heterocycles. The van der Waals surface area contributed by atoms with Crippen molar-refractivity contribution in [2.45, 2.75) is 20.8 Å². The number of hydrogen-bond acceptors (Lipinski definition) is 2. The van der Waals surface area contributed by atoms with Crippen LogP contribution in [0.4, 0.5) is 0 Å². The van der Waals surface area contributed by atoms with Crippen LogP contribution in [0.15, 0.2) is 47.5 Å². The van der Waals surface area contributed by atoms with Crippen molar-refractivity contribution in [3.63, 3.8) is 0 Å². The first-order valence-corrected chi connectivity index (χ1v) is 5.69. The van der Waals surface area contributed by atoms with Crippen molar-refractivity contribution in [2.75, 3.05) is 6.54 Å². The molecular weight excluding hydrogens is 190 g/mol. The third kappa shape index (κ3) is 4.38. The molecule has 1 heterocycles. The van der Waals surface area contributed by atoms with Crippen molar-refractivity contribution in [3.8, 4) is 0 Å². The van der Waals surface area contributed by atoms with Crippen molar-refractivity contribution < 1.29 is 0 Å². The molecule has 0 spiro atoms. The monoisotopic (exact) mass is 209 g/mol. The Morgan fingerprint density at radius 3 is 2.71 bits per heavy atom. The van der Waals surface area contributed by atoms with E-state index in [0.717, 1.165) is 6.54 Å². The second-order valence-electron chi connectivity index (χ2n) is 2.62. The molecule has 1 nitrogen and oxygen atoms in total. The van der Waals surface area contributed by atoms with Crippen molar-refractivity contribution >= 4 is 11.8 Å². The molecule has 0 saturated carbocycles. The zero-order valence-corrected chi connectivity index (χ0v) is 10.1. The van der Waals surface area contributed by atoms with Gasteiger partial charge >= 0.3 is 0 Å². The van der Waals surface area contributed by atoms with Crippen molar-refractivity contribution in [1.29, 1.82) is 0 Å². The van der Waals surface area contributed by atoms with Gasteiger partial charge in [-0.3, -0.25) is 0 Å². The summed E-state index contributed by atoms with van der Waals surface area (Å²) in [6.45, 7) is 14.5. The van der Waals surface area contributed by atoms with Gasteiger partial charge in [0.1, 0.15) is 0 Å². The summed E-state index contributed by atoms with van der Waals surface area (Å²) < 4.78 is 0. The summed E-state index contributed by atoms with van der Waals surface area (Å²) in [6, 6.07) is 0. The normalized spacial score (nSPS) is 16.1. The van der Waals surface area contributed by atoms with E-state index < -0.39 is 0 Å². The van der Waals surface area contributed by atoms with Gasteiger partial charge < -0.3 is 4.90 Å². The number of nitrogens with zero attached hydrogens (tertiary/aromatic N) is 1. The number of allylic oxidation sites excluding steroid dienone is 3. The van der Waals surface area contributed by atoms with Crippen LogP contribution in [-0.4, -0.2) is 11.4 Å². The van der Waals surface area contributed by atoms with Crippen LogP contribution in [-0.2, 0) is 0 Å². The van der Waals surface area contributed by atoms with Crippen LogP contribution in [0, 0.1) is 0 Å². The summed E-state index contributed by atoms with van der Waals surface area (Å²) in [4.78, 5) is 3.33. The lowest BCUT2D eigenvalue weighted by atomic mass is 10.4. The predicted molar refractivity (Wildman–Crippen MR) is 67.9 cm³/mol. The maximum Gasteiger partial charge on any atom is 0.0529 e. The molecule has 0 saturated heterocycles. The Morgan fingerprint density at radius 1 is 1.50 bits per heavy atom. The standard InChI is InChI=1S/C10H13NS.C2H6/c1-4-5-6-11-7-10(3)12-8-9(11)2;1-2/h4-6,8H,1,3,7H2,2H3;1-2H3/b6-5-;. The van der Waals surface area contributed by atoms with E-state index in [1.54, 1.807) is 17.8 Å². The van der Waals surface area contributed by atoms with Gasteiger partial charge in [0, 0.05) is 16.8 Å². The van der Waals surface area contributed by atoms with Gasteiger partial charge in [-0.15, -0.1) is 0 Å². The highest BCUT2D eigenvalue weighted by atomic mass is 32.2. The molecule has 0 aromatic carbocycles. The van der Waals surface area contributed by atoms with Crippen molar-refractivity contribution in [2.24, 2.45) is 0 Å². The first kappa shape index (κ1) is 13.1. The molecule has 0 bridgehead atoms. The summed E-state index contributed by atoms with van der Waals surface area (Å²) >= 11 is 1.71. The number of rotatable bonds is 2. The second-order valence-corrected chi connectivity index (χ2v) is 3.67. The average Bonchev–Trinajstić information content (AvgIpc) is 2.22.